The molecule has 2 N–H and O–H groups in total. The summed E-state index contributed by atoms with van der Waals surface area (Å²) in [5.41, 5.74) is 3.16. The van der Waals surface area contributed by atoms with Gasteiger partial charge in [0.25, 0.3) is 0 Å². The molecule has 32 heavy (non-hydrogen) atoms. The van der Waals surface area contributed by atoms with Gasteiger partial charge in [0.05, 0.1) is 11.1 Å². The number of carboxylic acid groups (broad SMARTS) is 1. The number of benzene rings is 2. The number of aromatic hydroxyl groups is 1. The third-order valence-corrected chi connectivity index (χ3v) is 5.01. The molecule has 0 aliphatic carbocycles. The van der Waals surface area contributed by atoms with Crippen molar-refractivity contribution in [1.82, 2.24) is 4.98 Å². The summed E-state index contributed by atoms with van der Waals surface area (Å²) in [6, 6.07) is 12.4. The number of Topliss-reactive ketones (excluding diaryl/α,β-unsaturated/α-hetero) is 1. The normalized spacial score (nSPS) is 11.2. The first-order chi connectivity index (χ1) is 15.0. The van der Waals surface area contributed by atoms with Crippen molar-refractivity contribution in [2.24, 2.45) is 5.41 Å². The summed E-state index contributed by atoms with van der Waals surface area (Å²) >= 11 is 0. The molecule has 6 heteroatoms. The third kappa shape index (κ3) is 5.52. The Morgan fingerprint density at radius 2 is 1.78 bits per heavy atom. The second kappa shape index (κ2) is 9.22. The van der Waals surface area contributed by atoms with Crippen LogP contribution in [0.3, 0.4) is 0 Å². The molecule has 0 unspecified atom stereocenters. The van der Waals surface area contributed by atoms with E-state index in [9.17, 15) is 19.8 Å². The zero-order chi connectivity index (χ0) is 23.5. The number of rotatable bonds is 7. The highest BCUT2D eigenvalue weighted by Gasteiger charge is 2.21. The van der Waals surface area contributed by atoms with Crippen molar-refractivity contribution < 1.29 is 24.5 Å². The van der Waals surface area contributed by atoms with Gasteiger partial charge in [-0.05, 0) is 47.7 Å². The molecule has 6 nitrogen and oxygen atoms in total. The second-order valence-corrected chi connectivity index (χ2v) is 9.00. The Kier molecular flexibility index (Phi) is 6.63. The van der Waals surface area contributed by atoms with Gasteiger partial charge in [-0.3, -0.25) is 9.78 Å². The molecule has 1 heterocycles. The smallest absolute Gasteiger partial charge is 0.337 e. The van der Waals surface area contributed by atoms with Gasteiger partial charge in [-0.2, -0.15) is 0 Å². The maximum atomic E-state index is 12.5. The molecule has 2 aromatic carbocycles. The van der Waals surface area contributed by atoms with Crippen LogP contribution in [-0.4, -0.2) is 26.9 Å². The molecule has 3 rings (SSSR count). The van der Waals surface area contributed by atoms with Crippen molar-refractivity contribution in [3.8, 4) is 22.6 Å². The Bertz CT molecular complexity index is 1160. The molecular formula is C26H27NO5. The van der Waals surface area contributed by atoms with Gasteiger partial charge in [0, 0.05) is 29.9 Å². The summed E-state index contributed by atoms with van der Waals surface area (Å²) in [6.07, 6.45) is 3.26. The number of hydrogen-bond acceptors (Lipinski definition) is 5. The van der Waals surface area contributed by atoms with Gasteiger partial charge in [-0.15, -0.1) is 0 Å². The zero-order valence-electron chi connectivity index (χ0n) is 18.7. The maximum absolute atomic E-state index is 12.5. The number of carboxylic acids is 1. The number of aromatic nitrogens is 1. The molecule has 0 saturated heterocycles. The fourth-order valence-corrected chi connectivity index (χ4v) is 3.36. The van der Waals surface area contributed by atoms with E-state index >= 15 is 0 Å². The largest absolute Gasteiger partial charge is 0.507 e. The summed E-state index contributed by atoms with van der Waals surface area (Å²) in [4.78, 5) is 27.7. The van der Waals surface area contributed by atoms with Crippen LogP contribution >= 0.6 is 0 Å². The summed E-state index contributed by atoms with van der Waals surface area (Å²) < 4.78 is 5.91. The molecular weight excluding hydrogens is 406 g/mol. The van der Waals surface area contributed by atoms with Crippen LogP contribution in [0.5, 0.6) is 11.5 Å². The lowest BCUT2D eigenvalue weighted by molar-refractivity contribution is 0.0696. The van der Waals surface area contributed by atoms with E-state index < -0.39 is 5.97 Å². The molecule has 0 spiro atoms. The number of pyridine rings is 1. The van der Waals surface area contributed by atoms with Gasteiger partial charge in [-0.25, -0.2) is 4.79 Å². The van der Waals surface area contributed by atoms with Crippen LogP contribution in [0.2, 0.25) is 0 Å². The van der Waals surface area contributed by atoms with Crippen molar-refractivity contribution in [2.75, 3.05) is 0 Å². The SMILES string of the molecule is Cc1c(OCc2cccc(-c3cncc(C(=O)O)c3)c2)ccc(C(=O)CC(C)(C)C)c1O. The van der Waals surface area contributed by atoms with Crippen LogP contribution in [0.1, 0.15) is 59.0 Å². The van der Waals surface area contributed by atoms with Gasteiger partial charge in [0.15, 0.2) is 5.78 Å². The summed E-state index contributed by atoms with van der Waals surface area (Å²) in [6.45, 7) is 7.91. The van der Waals surface area contributed by atoms with Crippen LogP contribution < -0.4 is 4.74 Å². The van der Waals surface area contributed by atoms with Gasteiger partial charge < -0.3 is 14.9 Å². The zero-order valence-corrected chi connectivity index (χ0v) is 18.7. The van der Waals surface area contributed by atoms with E-state index in [-0.39, 0.29) is 29.1 Å². The number of phenolic OH excluding ortho intramolecular Hbond substituents is 1. The van der Waals surface area contributed by atoms with Crippen LogP contribution in [-0.2, 0) is 6.61 Å². The number of carbonyl (C=O) groups excluding carboxylic acids is 1. The van der Waals surface area contributed by atoms with Crippen molar-refractivity contribution in [1.29, 1.82) is 0 Å². The molecule has 0 aliphatic heterocycles. The highest BCUT2D eigenvalue weighted by Crippen LogP contribution is 2.33. The van der Waals surface area contributed by atoms with Gasteiger partial charge in [0.1, 0.15) is 18.1 Å². The first kappa shape index (κ1) is 23.0. The number of hydrogen-bond donors (Lipinski definition) is 2. The van der Waals surface area contributed by atoms with Crippen LogP contribution in [0.25, 0.3) is 11.1 Å². The Morgan fingerprint density at radius 3 is 2.47 bits per heavy atom. The first-order valence-corrected chi connectivity index (χ1v) is 10.3. The number of ether oxygens (including phenoxy) is 1. The minimum Gasteiger partial charge on any atom is -0.507 e. The molecule has 0 amide bonds. The molecule has 0 saturated carbocycles. The number of ketones is 1. The second-order valence-electron chi connectivity index (χ2n) is 9.00. The number of phenols is 1. The van der Waals surface area contributed by atoms with Crippen molar-refractivity contribution in [2.45, 2.75) is 40.7 Å². The van der Waals surface area contributed by atoms with Crippen molar-refractivity contribution in [3.05, 3.63) is 77.1 Å². The van der Waals surface area contributed by atoms with E-state index in [2.05, 4.69) is 4.98 Å². The molecule has 3 aromatic rings. The average molecular weight is 434 g/mol. The minimum atomic E-state index is -1.03. The first-order valence-electron chi connectivity index (χ1n) is 10.3. The summed E-state index contributed by atoms with van der Waals surface area (Å²) in [7, 11) is 0. The number of nitrogens with zero attached hydrogens (tertiary/aromatic N) is 1. The van der Waals surface area contributed by atoms with Crippen LogP contribution in [0, 0.1) is 12.3 Å². The molecule has 0 radical (unpaired) electrons. The van der Waals surface area contributed by atoms with E-state index in [4.69, 9.17) is 4.74 Å². The Labute approximate surface area is 187 Å². The number of aromatic carboxylic acids is 1. The Hall–Kier alpha value is -3.67. The molecule has 1 aromatic heterocycles. The van der Waals surface area contributed by atoms with E-state index in [1.165, 1.54) is 6.20 Å². The monoisotopic (exact) mass is 433 g/mol. The molecule has 0 aliphatic rings. The predicted octanol–water partition coefficient (Wildman–Crippen LogP) is 5.66. The fourth-order valence-electron chi connectivity index (χ4n) is 3.36. The Morgan fingerprint density at radius 1 is 1.03 bits per heavy atom. The van der Waals surface area contributed by atoms with Gasteiger partial charge >= 0.3 is 5.97 Å². The molecule has 0 atom stereocenters. The predicted molar refractivity (Wildman–Crippen MR) is 122 cm³/mol. The summed E-state index contributed by atoms with van der Waals surface area (Å²) in [5.74, 6) is -0.690. The quantitative estimate of drug-likeness (QED) is 0.467. The molecule has 0 bridgehead atoms. The lowest BCUT2D eigenvalue weighted by Gasteiger charge is -2.18. The van der Waals surface area contributed by atoms with Gasteiger partial charge in [-0.1, -0.05) is 39.0 Å². The van der Waals surface area contributed by atoms with Crippen molar-refractivity contribution in [3.63, 3.8) is 0 Å². The van der Waals surface area contributed by atoms with E-state index in [1.54, 1.807) is 31.3 Å². The minimum absolute atomic E-state index is 0.0536. The number of carbonyl (C=O) groups is 2. The van der Waals surface area contributed by atoms with Gasteiger partial charge in [0.2, 0.25) is 0 Å². The highest BCUT2D eigenvalue weighted by molar-refractivity contribution is 5.99. The molecule has 166 valence electrons. The summed E-state index contributed by atoms with van der Waals surface area (Å²) in [5, 5.41) is 19.7. The maximum Gasteiger partial charge on any atom is 0.337 e. The topological polar surface area (TPSA) is 96.7 Å². The van der Waals surface area contributed by atoms with E-state index in [0.29, 0.717) is 28.9 Å². The van der Waals surface area contributed by atoms with Crippen LogP contribution in [0.15, 0.2) is 54.9 Å². The standard InChI is InChI=1S/C26H27NO5/c1-16-23(9-8-21(24(16)29)22(28)12-26(2,3)4)32-15-17-6-5-7-18(10-17)19-11-20(25(30)31)14-27-13-19/h5-11,13-14,29H,12,15H2,1-4H3,(H,30,31). The highest BCUT2D eigenvalue weighted by atomic mass is 16.5. The fraction of sp³-hybridized carbons (Fsp3) is 0.269. The third-order valence-electron chi connectivity index (χ3n) is 5.01. The average Bonchev–Trinajstić information content (AvgIpc) is 2.73. The van der Waals surface area contributed by atoms with E-state index in [0.717, 1.165) is 11.1 Å². The lowest BCUT2D eigenvalue weighted by atomic mass is 9.87. The van der Waals surface area contributed by atoms with E-state index in [1.807, 2.05) is 45.0 Å². The van der Waals surface area contributed by atoms with Crippen LogP contribution in [0.4, 0.5) is 0 Å². The van der Waals surface area contributed by atoms with Crippen molar-refractivity contribution >= 4 is 11.8 Å². The lowest BCUT2D eigenvalue weighted by Crippen LogP contribution is -2.13. The molecule has 0 fully saturated rings. The Balaban J connectivity index is 1.77.